The predicted molar refractivity (Wildman–Crippen MR) is 125 cm³/mol. The molecule has 0 spiro atoms. The summed E-state index contributed by atoms with van der Waals surface area (Å²) >= 11 is 0. The maximum Gasteiger partial charge on any atom is 0.161 e. The molecule has 5 heteroatoms. The third kappa shape index (κ3) is 5.28. The molecule has 0 atom stereocenters. The van der Waals surface area contributed by atoms with Crippen molar-refractivity contribution < 1.29 is 23.7 Å². The Morgan fingerprint density at radius 2 is 1.16 bits per heavy atom. The van der Waals surface area contributed by atoms with E-state index in [0.29, 0.717) is 13.2 Å². The molecule has 0 radical (unpaired) electrons. The minimum Gasteiger partial charge on any atom is -0.497 e. The van der Waals surface area contributed by atoms with Crippen LogP contribution >= 0.6 is 0 Å². The molecule has 1 aliphatic rings. The highest BCUT2D eigenvalue weighted by molar-refractivity contribution is 5.45. The molecule has 0 aromatic heterocycles. The molecule has 32 heavy (non-hydrogen) atoms. The molecule has 5 nitrogen and oxygen atoms in total. The van der Waals surface area contributed by atoms with E-state index in [0.717, 1.165) is 54.4 Å². The van der Waals surface area contributed by atoms with Gasteiger partial charge in [-0.3, -0.25) is 0 Å². The molecule has 0 aliphatic carbocycles. The van der Waals surface area contributed by atoms with E-state index in [2.05, 4.69) is 36.4 Å². The van der Waals surface area contributed by atoms with E-state index in [1.165, 1.54) is 22.3 Å². The molecule has 1 heterocycles. The highest BCUT2D eigenvalue weighted by Crippen LogP contribution is 2.31. The van der Waals surface area contributed by atoms with E-state index in [4.69, 9.17) is 23.7 Å². The van der Waals surface area contributed by atoms with Gasteiger partial charge in [0.2, 0.25) is 0 Å². The molecule has 0 saturated heterocycles. The maximum absolute atomic E-state index is 5.71. The SMILES string of the molecule is COc1cc(CCc2ccc(OC)c(OC)c2)cc(CCc2ccc3c(c2)OCCO3)c1. The van der Waals surface area contributed by atoms with Gasteiger partial charge < -0.3 is 23.7 Å². The number of hydrogen-bond donors (Lipinski definition) is 0. The van der Waals surface area contributed by atoms with Crippen LogP contribution in [0.15, 0.2) is 54.6 Å². The van der Waals surface area contributed by atoms with Gasteiger partial charge in [-0.1, -0.05) is 18.2 Å². The zero-order valence-electron chi connectivity index (χ0n) is 19.0. The molecule has 4 rings (SSSR count). The van der Waals surface area contributed by atoms with Crippen molar-refractivity contribution in [2.45, 2.75) is 25.7 Å². The average molecular weight is 435 g/mol. The summed E-state index contributed by atoms with van der Waals surface area (Å²) in [4.78, 5) is 0. The van der Waals surface area contributed by atoms with Crippen molar-refractivity contribution in [2.24, 2.45) is 0 Å². The van der Waals surface area contributed by atoms with Gasteiger partial charge in [0.25, 0.3) is 0 Å². The van der Waals surface area contributed by atoms with E-state index in [1.54, 1.807) is 21.3 Å². The number of ether oxygens (including phenoxy) is 5. The Morgan fingerprint density at radius 3 is 1.81 bits per heavy atom. The molecule has 3 aromatic rings. The second-order valence-electron chi connectivity index (χ2n) is 7.86. The van der Waals surface area contributed by atoms with Gasteiger partial charge in [0.1, 0.15) is 19.0 Å². The smallest absolute Gasteiger partial charge is 0.161 e. The Labute approximate surface area is 189 Å². The Bertz CT molecular complexity index is 998. The van der Waals surface area contributed by atoms with Gasteiger partial charge in [-0.15, -0.1) is 0 Å². The Balaban J connectivity index is 1.43. The second kappa shape index (κ2) is 10.3. The van der Waals surface area contributed by atoms with Gasteiger partial charge in [0.15, 0.2) is 23.0 Å². The summed E-state index contributed by atoms with van der Waals surface area (Å²) in [6, 6.07) is 18.8. The van der Waals surface area contributed by atoms with Gasteiger partial charge in [-0.2, -0.15) is 0 Å². The summed E-state index contributed by atoms with van der Waals surface area (Å²) < 4.78 is 27.7. The number of rotatable bonds is 9. The van der Waals surface area contributed by atoms with Crippen LogP contribution in [-0.2, 0) is 25.7 Å². The topological polar surface area (TPSA) is 46.2 Å². The average Bonchev–Trinajstić information content (AvgIpc) is 2.85. The lowest BCUT2D eigenvalue weighted by Gasteiger charge is -2.19. The van der Waals surface area contributed by atoms with Crippen LogP contribution in [-0.4, -0.2) is 34.5 Å². The first kappa shape index (κ1) is 21.9. The summed E-state index contributed by atoms with van der Waals surface area (Å²) in [5.41, 5.74) is 4.98. The fourth-order valence-electron chi connectivity index (χ4n) is 3.99. The van der Waals surface area contributed by atoms with Crippen molar-refractivity contribution in [2.75, 3.05) is 34.5 Å². The van der Waals surface area contributed by atoms with Crippen LogP contribution in [0.2, 0.25) is 0 Å². The zero-order valence-corrected chi connectivity index (χ0v) is 19.0. The second-order valence-corrected chi connectivity index (χ2v) is 7.86. The lowest BCUT2D eigenvalue weighted by atomic mass is 9.98. The summed E-state index contributed by atoms with van der Waals surface area (Å²) in [6.07, 6.45) is 3.69. The van der Waals surface area contributed by atoms with Crippen molar-refractivity contribution in [1.29, 1.82) is 0 Å². The third-order valence-corrected chi connectivity index (χ3v) is 5.72. The van der Waals surface area contributed by atoms with E-state index in [-0.39, 0.29) is 0 Å². The largest absolute Gasteiger partial charge is 0.497 e. The molecule has 0 fully saturated rings. The fourth-order valence-corrected chi connectivity index (χ4v) is 3.99. The molecular weight excluding hydrogens is 404 g/mol. The van der Waals surface area contributed by atoms with E-state index < -0.39 is 0 Å². The van der Waals surface area contributed by atoms with Gasteiger partial charge in [-0.05, 0) is 84.3 Å². The summed E-state index contributed by atoms with van der Waals surface area (Å²) in [7, 11) is 5.04. The predicted octanol–water partition coefficient (Wildman–Crippen LogP) is 5.05. The van der Waals surface area contributed by atoms with Gasteiger partial charge in [0.05, 0.1) is 21.3 Å². The van der Waals surface area contributed by atoms with Gasteiger partial charge in [0, 0.05) is 0 Å². The van der Waals surface area contributed by atoms with Crippen LogP contribution in [0.4, 0.5) is 0 Å². The van der Waals surface area contributed by atoms with Gasteiger partial charge in [-0.25, -0.2) is 0 Å². The first-order chi connectivity index (χ1) is 15.7. The monoisotopic (exact) mass is 434 g/mol. The summed E-state index contributed by atoms with van der Waals surface area (Å²) in [6.45, 7) is 1.22. The van der Waals surface area contributed by atoms with Crippen LogP contribution in [0.25, 0.3) is 0 Å². The molecule has 0 bridgehead atoms. The standard InChI is InChI=1S/C27H30O5/c1-28-23-15-21(6-4-19-8-10-24(29-2)26(17-19)30-3)14-22(16-23)7-5-20-9-11-25-27(18-20)32-13-12-31-25/h8-11,14-18H,4-7,12-13H2,1-3H3. The minimum atomic E-state index is 0.607. The molecule has 0 amide bonds. The minimum absolute atomic E-state index is 0.607. The van der Waals surface area contributed by atoms with Crippen molar-refractivity contribution in [3.8, 4) is 28.7 Å². The van der Waals surface area contributed by atoms with Crippen LogP contribution in [0.1, 0.15) is 22.3 Å². The molecule has 1 aliphatic heterocycles. The molecule has 168 valence electrons. The van der Waals surface area contributed by atoms with Crippen LogP contribution in [0.5, 0.6) is 28.7 Å². The van der Waals surface area contributed by atoms with E-state index >= 15 is 0 Å². The number of fused-ring (bicyclic) bond motifs is 1. The first-order valence-corrected chi connectivity index (χ1v) is 10.9. The molecule has 0 saturated carbocycles. The number of benzene rings is 3. The van der Waals surface area contributed by atoms with Crippen molar-refractivity contribution in [3.63, 3.8) is 0 Å². The van der Waals surface area contributed by atoms with Crippen LogP contribution in [0.3, 0.4) is 0 Å². The van der Waals surface area contributed by atoms with Gasteiger partial charge >= 0.3 is 0 Å². The van der Waals surface area contributed by atoms with E-state index in [1.807, 2.05) is 18.2 Å². The Morgan fingerprint density at radius 1 is 0.562 bits per heavy atom. The van der Waals surface area contributed by atoms with E-state index in [9.17, 15) is 0 Å². The highest BCUT2D eigenvalue weighted by atomic mass is 16.6. The lowest BCUT2D eigenvalue weighted by Crippen LogP contribution is -2.15. The molecular formula is C27H30O5. The Hall–Kier alpha value is -3.34. The normalized spacial score (nSPS) is 12.3. The summed E-state index contributed by atoms with van der Waals surface area (Å²) in [5.74, 6) is 4.08. The third-order valence-electron chi connectivity index (χ3n) is 5.72. The first-order valence-electron chi connectivity index (χ1n) is 10.9. The fraction of sp³-hybridized carbons (Fsp3) is 0.333. The molecule has 3 aromatic carbocycles. The maximum atomic E-state index is 5.71. The number of hydrogen-bond acceptors (Lipinski definition) is 5. The number of aryl methyl sites for hydroxylation is 4. The van der Waals surface area contributed by atoms with Crippen LogP contribution in [0, 0.1) is 0 Å². The number of methoxy groups -OCH3 is 3. The molecule has 0 unspecified atom stereocenters. The quantitative estimate of drug-likeness (QED) is 0.471. The highest BCUT2D eigenvalue weighted by Gasteiger charge is 2.12. The summed E-state index contributed by atoms with van der Waals surface area (Å²) in [5, 5.41) is 0. The molecule has 0 N–H and O–H groups in total. The Kier molecular flexibility index (Phi) is 7.05. The van der Waals surface area contributed by atoms with Crippen LogP contribution < -0.4 is 23.7 Å². The lowest BCUT2D eigenvalue weighted by molar-refractivity contribution is 0.171. The van der Waals surface area contributed by atoms with Crippen molar-refractivity contribution in [1.82, 2.24) is 0 Å². The zero-order chi connectivity index (χ0) is 22.3. The van der Waals surface area contributed by atoms with Crippen molar-refractivity contribution in [3.05, 3.63) is 76.9 Å². The van der Waals surface area contributed by atoms with Crippen molar-refractivity contribution >= 4 is 0 Å².